The fraction of sp³-hybridized carbons (Fsp3) is 0.667. The molecule has 0 rings (SSSR count). The standard InChI is InChI=1S/C9H15IO/c1-7(4-5-11)8(2)6-9(3)10/h5-8H,4H2,1-3H3/b9-6+/t7-,8-/m0/s1. The Morgan fingerprint density at radius 2 is 2.09 bits per heavy atom. The molecular formula is C9H15IO. The summed E-state index contributed by atoms with van der Waals surface area (Å²) >= 11 is 2.29. The Balaban J connectivity index is 3.91. The van der Waals surface area contributed by atoms with Crippen LogP contribution in [0, 0.1) is 11.8 Å². The van der Waals surface area contributed by atoms with E-state index in [2.05, 4.69) is 49.4 Å². The molecule has 2 heteroatoms. The molecule has 0 heterocycles. The van der Waals surface area contributed by atoms with Crippen molar-refractivity contribution in [2.75, 3.05) is 0 Å². The molecule has 0 bridgehead atoms. The number of allylic oxidation sites excluding steroid dienone is 2. The smallest absolute Gasteiger partial charge is 0.120 e. The zero-order valence-corrected chi connectivity index (χ0v) is 9.46. The van der Waals surface area contributed by atoms with Gasteiger partial charge in [-0.05, 0) is 44.9 Å². The van der Waals surface area contributed by atoms with Gasteiger partial charge in [0.25, 0.3) is 0 Å². The molecule has 0 saturated carbocycles. The number of carbonyl (C=O) groups excluding carboxylic acids is 1. The van der Waals surface area contributed by atoms with Crippen molar-refractivity contribution in [3.63, 3.8) is 0 Å². The fourth-order valence-corrected chi connectivity index (χ4v) is 1.46. The Morgan fingerprint density at radius 3 is 2.45 bits per heavy atom. The SMILES string of the molecule is C/C(I)=C\[C@H](C)[C@@H](C)CC=O. The van der Waals surface area contributed by atoms with Crippen molar-refractivity contribution in [2.45, 2.75) is 27.2 Å². The van der Waals surface area contributed by atoms with Crippen LogP contribution < -0.4 is 0 Å². The van der Waals surface area contributed by atoms with Gasteiger partial charge in [-0.2, -0.15) is 0 Å². The summed E-state index contributed by atoms with van der Waals surface area (Å²) in [6, 6.07) is 0. The third-order valence-corrected chi connectivity index (χ3v) is 2.22. The minimum atomic E-state index is 0.470. The highest BCUT2D eigenvalue weighted by Gasteiger charge is 2.08. The third kappa shape index (κ3) is 5.41. The van der Waals surface area contributed by atoms with Crippen LogP contribution >= 0.6 is 22.6 Å². The lowest BCUT2D eigenvalue weighted by Gasteiger charge is -2.13. The first kappa shape index (κ1) is 11.1. The Hall–Kier alpha value is 0.140. The van der Waals surface area contributed by atoms with E-state index >= 15 is 0 Å². The van der Waals surface area contributed by atoms with E-state index in [9.17, 15) is 4.79 Å². The summed E-state index contributed by atoms with van der Waals surface area (Å²) in [5.74, 6) is 0.981. The van der Waals surface area contributed by atoms with Crippen molar-refractivity contribution < 1.29 is 4.79 Å². The maximum absolute atomic E-state index is 10.2. The van der Waals surface area contributed by atoms with Crippen LogP contribution in [0.2, 0.25) is 0 Å². The highest BCUT2D eigenvalue weighted by Crippen LogP contribution is 2.18. The number of carbonyl (C=O) groups is 1. The molecule has 0 N–H and O–H groups in total. The number of hydrogen-bond donors (Lipinski definition) is 0. The van der Waals surface area contributed by atoms with Crippen molar-refractivity contribution in [2.24, 2.45) is 11.8 Å². The Bertz CT molecular complexity index is 148. The molecule has 0 aliphatic heterocycles. The van der Waals surface area contributed by atoms with Crippen LogP contribution in [-0.4, -0.2) is 6.29 Å². The summed E-state index contributed by atoms with van der Waals surface area (Å²) in [5.41, 5.74) is 0. The van der Waals surface area contributed by atoms with Gasteiger partial charge >= 0.3 is 0 Å². The predicted molar refractivity (Wildman–Crippen MR) is 56.8 cm³/mol. The lowest BCUT2D eigenvalue weighted by Crippen LogP contribution is -2.05. The van der Waals surface area contributed by atoms with Crippen LogP contribution in [0.15, 0.2) is 9.66 Å². The molecule has 0 aromatic rings. The summed E-state index contributed by atoms with van der Waals surface area (Å²) in [7, 11) is 0. The minimum Gasteiger partial charge on any atom is -0.303 e. The Labute approximate surface area is 82.4 Å². The largest absolute Gasteiger partial charge is 0.303 e. The van der Waals surface area contributed by atoms with Gasteiger partial charge in [0.2, 0.25) is 0 Å². The van der Waals surface area contributed by atoms with Gasteiger partial charge in [0, 0.05) is 6.42 Å². The normalized spacial score (nSPS) is 17.6. The number of aldehydes is 1. The van der Waals surface area contributed by atoms with Crippen molar-refractivity contribution in [1.82, 2.24) is 0 Å². The zero-order valence-electron chi connectivity index (χ0n) is 7.30. The molecule has 1 nitrogen and oxygen atoms in total. The molecule has 0 aromatic carbocycles. The minimum absolute atomic E-state index is 0.470. The zero-order chi connectivity index (χ0) is 8.85. The van der Waals surface area contributed by atoms with Crippen LogP contribution in [0.5, 0.6) is 0 Å². The number of halogens is 1. The highest BCUT2D eigenvalue weighted by atomic mass is 127. The third-order valence-electron chi connectivity index (χ3n) is 1.86. The second-order valence-electron chi connectivity index (χ2n) is 2.99. The lowest BCUT2D eigenvalue weighted by molar-refractivity contribution is -0.108. The van der Waals surface area contributed by atoms with Crippen molar-refractivity contribution in [1.29, 1.82) is 0 Å². The van der Waals surface area contributed by atoms with Crippen LogP contribution in [0.25, 0.3) is 0 Å². The van der Waals surface area contributed by atoms with E-state index in [1.807, 2.05) is 0 Å². The number of hydrogen-bond acceptors (Lipinski definition) is 1. The lowest BCUT2D eigenvalue weighted by atomic mass is 9.93. The van der Waals surface area contributed by atoms with E-state index in [1.54, 1.807) is 0 Å². The second kappa shape index (κ2) is 5.75. The molecule has 0 fully saturated rings. The van der Waals surface area contributed by atoms with E-state index in [1.165, 1.54) is 3.58 Å². The van der Waals surface area contributed by atoms with Gasteiger partial charge in [-0.25, -0.2) is 0 Å². The van der Waals surface area contributed by atoms with E-state index < -0.39 is 0 Å². The topological polar surface area (TPSA) is 17.1 Å². The van der Waals surface area contributed by atoms with Gasteiger partial charge in [0.05, 0.1) is 0 Å². The molecule has 2 atom stereocenters. The van der Waals surface area contributed by atoms with Gasteiger partial charge in [-0.3, -0.25) is 0 Å². The molecule has 64 valence electrons. The molecular weight excluding hydrogens is 251 g/mol. The van der Waals surface area contributed by atoms with Gasteiger partial charge in [-0.1, -0.05) is 19.9 Å². The fourth-order valence-electron chi connectivity index (χ4n) is 0.893. The second-order valence-corrected chi connectivity index (χ2v) is 4.69. The van der Waals surface area contributed by atoms with Gasteiger partial charge < -0.3 is 4.79 Å². The first-order chi connectivity index (χ1) is 5.07. The maximum Gasteiger partial charge on any atom is 0.120 e. The van der Waals surface area contributed by atoms with Crippen molar-refractivity contribution >= 4 is 28.9 Å². The molecule has 0 aliphatic rings. The molecule has 0 unspecified atom stereocenters. The maximum atomic E-state index is 10.2. The number of rotatable bonds is 4. The highest BCUT2D eigenvalue weighted by molar-refractivity contribution is 14.1. The van der Waals surface area contributed by atoms with Gasteiger partial charge in [0.1, 0.15) is 6.29 Å². The molecule has 0 aliphatic carbocycles. The Morgan fingerprint density at radius 1 is 1.55 bits per heavy atom. The van der Waals surface area contributed by atoms with E-state index in [-0.39, 0.29) is 0 Å². The first-order valence-electron chi connectivity index (χ1n) is 3.85. The average molecular weight is 266 g/mol. The van der Waals surface area contributed by atoms with Gasteiger partial charge in [-0.15, -0.1) is 0 Å². The van der Waals surface area contributed by atoms with Crippen molar-refractivity contribution in [3.8, 4) is 0 Å². The summed E-state index contributed by atoms with van der Waals surface area (Å²) in [5, 5.41) is 0. The van der Waals surface area contributed by atoms with E-state index in [4.69, 9.17) is 0 Å². The van der Waals surface area contributed by atoms with Crippen LogP contribution in [-0.2, 0) is 4.79 Å². The molecule has 0 aromatic heterocycles. The molecule has 0 spiro atoms. The molecule has 11 heavy (non-hydrogen) atoms. The average Bonchev–Trinajstić information content (AvgIpc) is 1.86. The summed E-state index contributed by atoms with van der Waals surface area (Å²) < 4.78 is 1.30. The van der Waals surface area contributed by atoms with Crippen molar-refractivity contribution in [3.05, 3.63) is 9.66 Å². The van der Waals surface area contributed by atoms with Gasteiger partial charge in [0.15, 0.2) is 0 Å². The first-order valence-corrected chi connectivity index (χ1v) is 4.93. The summed E-state index contributed by atoms with van der Waals surface area (Å²) in [4.78, 5) is 10.2. The van der Waals surface area contributed by atoms with E-state index in [0.29, 0.717) is 18.3 Å². The predicted octanol–water partition coefficient (Wildman–Crippen LogP) is 3.19. The molecule has 0 radical (unpaired) electrons. The van der Waals surface area contributed by atoms with E-state index in [0.717, 1.165) is 6.29 Å². The summed E-state index contributed by atoms with van der Waals surface area (Å²) in [6.45, 7) is 6.33. The molecule has 0 saturated heterocycles. The summed E-state index contributed by atoms with van der Waals surface area (Å²) in [6.07, 6.45) is 3.87. The van der Waals surface area contributed by atoms with Crippen LogP contribution in [0.3, 0.4) is 0 Å². The monoisotopic (exact) mass is 266 g/mol. The van der Waals surface area contributed by atoms with Crippen LogP contribution in [0.1, 0.15) is 27.2 Å². The Kier molecular flexibility index (Phi) is 5.82. The van der Waals surface area contributed by atoms with Crippen LogP contribution in [0.4, 0.5) is 0 Å². The molecule has 0 amide bonds. The quantitative estimate of drug-likeness (QED) is 0.564.